The lowest BCUT2D eigenvalue weighted by atomic mass is 10.1. The number of thioether (sulfide) groups is 1. The number of hydrogen-bond donors (Lipinski definition) is 1. The van der Waals surface area contributed by atoms with Crippen LogP contribution in [0.2, 0.25) is 0 Å². The van der Waals surface area contributed by atoms with Gasteiger partial charge in [-0.25, -0.2) is 9.78 Å². The minimum atomic E-state index is -0.317. The number of anilines is 1. The van der Waals surface area contributed by atoms with Crippen LogP contribution in [0.5, 0.6) is 0 Å². The van der Waals surface area contributed by atoms with Gasteiger partial charge in [-0.2, -0.15) is 11.8 Å². The molecule has 1 saturated heterocycles. The molecule has 1 atom stereocenters. The standard InChI is InChI=1S/C14H20N2O2S/c1-3-18-13(17)11-6-4-8-15-12(11)16-10-14(2)7-5-9-19-14/h4,6,8H,3,5,7,9-10H2,1-2H3,(H,15,16). The van der Waals surface area contributed by atoms with Crippen LogP contribution in [0.15, 0.2) is 18.3 Å². The smallest absolute Gasteiger partial charge is 0.341 e. The molecule has 1 unspecified atom stereocenters. The van der Waals surface area contributed by atoms with Gasteiger partial charge in [0.25, 0.3) is 0 Å². The molecule has 104 valence electrons. The molecule has 0 amide bonds. The largest absolute Gasteiger partial charge is 0.462 e. The molecular weight excluding hydrogens is 260 g/mol. The molecule has 19 heavy (non-hydrogen) atoms. The molecule has 1 fully saturated rings. The number of carbonyl (C=O) groups is 1. The third-order valence-corrected chi connectivity index (χ3v) is 4.77. The summed E-state index contributed by atoms with van der Waals surface area (Å²) in [6.45, 7) is 5.25. The highest BCUT2D eigenvalue weighted by Gasteiger charge is 2.29. The summed E-state index contributed by atoms with van der Waals surface area (Å²) < 4.78 is 5.28. The first-order valence-corrected chi connectivity index (χ1v) is 7.63. The fourth-order valence-corrected chi connectivity index (χ4v) is 3.41. The minimum absolute atomic E-state index is 0.240. The SMILES string of the molecule is CCOC(=O)c1cccnc1NCC1(C)CCCS1. The van der Waals surface area contributed by atoms with E-state index in [2.05, 4.69) is 17.2 Å². The van der Waals surface area contributed by atoms with E-state index in [4.69, 9.17) is 4.74 Å². The van der Waals surface area contributed by atoms with Crippen molar-refractivity contribution in [3.63, 3.8) is 0 Å². The number of hydrogen-bond acceptors (Lipinski definition) is 5. The second kappa shape index (κ2) is 6.28. The lowest BCUT2D eigenvalue weighted by Gasteiger charge is -2.23. The summed E-state index contributed by atoms with van der Waals surface area (Å²) in [7, 11) is 0. The Morgan fingerprint density at radius 3 is 3.16 bits per heavy atom. The number of rotatable bonds is 5. The summed E-state index contributed by atoms with van der Waals surface area (Å²) in [5, 5.41) is 3.30. The van der Waals surface area contributed by atoms with E-state index in [0.717, 1.165) is 6.54 Å². The number of aromatic nitrogens is 1. The van der Waals surface area contributed by atoms with Gasteiger partial charge in [0.1, 0.15) is 11.4 Å². The van der Waals surface area contributed by atoms with Gasteiger partial charge in [0.2, 0.25) is 0 Å². The quantitative estimate of drug-likeness (QED) is 0.840. The van der Waals surface area contributed by atoms with Crippen LogP contribution < -0.4 is 5.32 Å². The van der Waals surface area contributed by atoms with Crippen molar-refractivity contribution in [2.75, 3.05) is 24.2 Å². The summed E-state index contributed by atoms with van der Waals surface area (Å²) >= 11 is 1.98. The molecule has 5 heteroatoms. The molecule has 0 spiro atoms. The number of pyridine rings is 1. The van der Waals surface area contributed by atoms with E-state index in [1.165, 1.54) is 18.6 Å². The zero-order valence-electron chi connectivity index (χ0n) is 11.4. The average Bonchev–Trinajstić information content (AvgIpc) is 2.84. The third-order valence-electron chi connectivity index (χ3n) is 3.23. The summed E-state index contributed by atoms with van der Waals surface area (Å²) in [5.74, 6) is 1.52. The lowest BCUT2D eigenvalue weighted by Crippen LogP contribution is -2.28. The molecule has 0 aliphatic carbocycles. The Bertz CT molecular complexity index is 445. The van der Waals surface area contributed by atoms with Gasteiger partial charge in [0, 0.05) is 17.5 Å². The monoisotopic (exact) mass is 280 g/mol. The van der Waals surface area contributed by atoms with E-state index in [-0.39, 0.29) is 10.7 Å². The summed E-state index contributed by atoms with van der Waals surface area (Å²) in [4.78, 5) is 16.1. The molecule has 1 aliphatic rings. The fourth-order valence-electron chi connectivity index (χ4n) is 2.17. The van der Waals surface area contributed by atoms with Crippen LogP contribution in [0.3, 0.4) is 0 Å². The zero-order valence-corrected chi connectivity index (χ0v) is 12.3. The van der Waals surface area contributed by atoms with Crippen molar-refractivity contribution in [1.82, 2.24) is 4.98 Å². The lowest BCUT2D eigenvalue weighted by molar-refractivity contribution is 0.0527. The van der Waals surface area contributed by atoms with Gasteiger partial charge in [-0.3, -0.25) is 0 Å². The van der Waals surface area contributed by atoms with Gasteiger partial charge in [-0.15, -0.1) is 0 Å². The Morgan fingerprint density at radius 1 is 1.63 bits per heavy atom. The number of nitrogens with one attached hydrogen (secondary N) is 1. The van der Waals surface area contributed by atoms with Crippen LogP contribution in [0.4, 0.5) is 5.82 Å². The van der Waals surface area contributed by atoms with Crippen molar-refractivity contribution in [2.24, 2.45) is 0 Å². The van der Waals surface area contributed by atoms with Crippen molar-refractivity contribution < 1.29 is 9.53 Å². The van der Waals surface area contributed by atoms with Gasteiger partial charge in [0.15, 0.2) is 0 Å². The second-order valence-corrected chi connectivity index (χ2v) is 6.56. The maximum absolute atomic E-state index is 11.8. The average molecular weight is 280 g/mol. The first-order chi connectivity index (χ1) is 9.14. The molecule has 2 heterocycles. The van der Waals surface area contributed by atoms with Crippen LogP contribution >= 0.6 is 11.8 Å². The first-order valence-electron chi connectivity index (χ1n) is 6.64. The predicted molar refractivity (Wildman–Crippen MR) is 78.8 cm³/mol. The van der Waals surface area contributed by atoms with Crippen LogP contribution in [0, 0.1) is 0 Å². The van der Waals surface area contributed by atoms with Crippen LogP contribution in [0.25, 0.3) is 0 Å². The van der Waals surface area contributed by atoms with Gasteiger partial charge in [-0.1, -0.05) is 0 Å². The van der Waals surface area contributed by atoms with Crippen molar-refractivity contribution >= 4 is 23.5 Å². The van der Waals surface area contributed by atoms with Gasteiger partial charge < -0.3 is 10.1 Å². The number of carbonyl (C=O) groups excluding carboxylic acids is 1. The van der Waals surface area contributed by atoms with Crippen LogP contribution in [0.1, 0.15) is 37.0 Å². The summed E-state index contributed by atoms with van der Waals surface area (Å²) in [6, 6.07) is 3.50. The highest BCUT2D eigenvalue weighted by Crippen LogP contribution is 2.37. The zero-order chi connectivity index (χ0) is 13.7. The Kier molecular flexibility index (Phi) is 4.69. The van der Waals surface area contributed by atoms with Crippen molar-refractivity contribution in [3.05, 3.63) is 23.9 Å². The highest BCUT2D eigenvalue weighted by molar-refractivity contribution is 8.00. The van der Waals surface area contributed by atoms with E-state index in [1.54, 1.807) is 25.3 Å². The predicted octanol–water partition coefficient (Wildman–Crippen LogP) is 2.96. The Hall–Kier alpha value is -1.23. The second-order valence-electron chi connectivity index (χ2n) is 4.88. The Balaban J connectivity index is 2.05. The molecule has 4 nitrogen and oxygen atoms in total. The number of nitrogens with zero attached hydrogens (tertiary/aromatic N) is 1. The maximum atomic E-state index is 11.8. The number of esters is 1. The van der Waals surface area contributed by atoms with Crippen molar-refractivity contribution in [3.8, 4) is 0 Å². The van der Waals surface area contributed by atoms with E-state index in [9.17, 15) is 4.79 Å². The highest BCUT2D eigenvalue weighted by atomic mass is 32.2. The van der Waals surface area contributed by atoms with Crippen LogP contribution in [-0.4, -0.2) is 34.6 Å². The van der Waals surface area contributed by atoms with Gasteiger partial charge in [0.05, 0.1) is 6.61 Å². The maximum Gasteiger partial charge on any atom is 0.341 e. The van der Waals surface area contributed by atoms with Gasteiger partial charge in [-0.05, 0) is 44.6 Å². The first kappa shape index (κ1) is 14.2. The molecule has 1 aromatic heterocycles. The van der Waals surface area contributed by atoms with Gasteiger partial charge >= 0.3 is 5.97 Å². The van der Waals surface area contributed by atoms with Crippen molar-refractivity contribution in [1.29, 1.82) is 0 Å². The molecule has 0 bridgehead atoms. The Labute approximate surface area is 118 Å². The summed E-state index contributed by atoms with van der Waals surface area (Å²) in [5.41, 5.74) is 0.510. The topological polar surface area (TPSA) is 51.2 Å². The third kappa shape index (κ3) is 3.62. The molecule has 1 aromatic rings. The van der Waals surface area contributed by atoms with E-state index < -0.39 is 0 Å². The normalized spacial score (nSPS) is 22.2. The molecule has 1 N–H and O–H groups in total. The van der Waals surface area contributed by atoms with E-state index in [0.29, 0.717) is 18.0 Å². The molecular formula is C14H20N2O2S. The summed E-state index contributed by atoms with van der Waals surface area (Å²) in [6.07, 6.45) is 4.15. The number of ether oxygens (including phenoxy) is 1. The molecule has 0 aromatic carbocycles. The van der Waals surface area contributed by atoms with Crippen LogP contribution in [-0.2, 0) is 4.74 Å². The van der Waals surface area contributed by atoms with E-state index in [1.807, 2.05) is 11.8 Å². The molecule has 0 radical (unpaired) electrons. The fraction of sp³-hybridized carbons (Fsp3) is 0.571. The molecule has 2 rings (SSSR count). The Morgan fingerprint density at radius 2 is 2.47 bits per heavy atom. The van der Waals surface area contributed by atoms with Crippen molar-refractivity contribution in [2.45, 2.75) is 31.4 Å². The molecule has 0 saturated carbocycles. The molecule has 1 aliphatic heterocycles. The van der Waals surface area contributed by atoms with E-state index >= 15 is 0 Å². The minimum Gasteiger partial charge on any atom is -0.462 e.